The normalized spacial score (nSPS) is 14.2. The Morgan fingerprint density at radius 1 is 0.968 bits per heavy atom. The van der Waals surface area contributed by atoms with Crippen LogP contribution in [0.15, 0.2) is 64.9 Å². The van der Waals surface area contributed by atoms with Crippen LogP contribution in [0.25, 0.3) is 11.3 Å². The first-order valence-electron chi connectivity index (χ1n) is 10.5. The summed E-state index contributed by atoms with van der Waals surface area (Å²) in [5.74, 6) is 0.472. The van der Waals surface area contributed by atoms with Gasteiger partial charge in [-0.05, 0) is 37.1 Å². The van der Waals surface area contributed by atoms with E-state index in [2.05, 4.69) is 15.6 Å². The average molecular weight is 452 g/mol. The van der Waals surface area contributed by atoms with Crippen molar-refractivity contribution in [2.75, 3.05) is 16.4 Å². The van der Waals surface area contributed by atoms with E-state index in [4.69, 9.17) is 0 Å². The van der Waals surface area contributed by atoms with Crippen molar-refractivity contribution in [3.63, 3.8) is 0 Å². The van der Waals surface area contributed by atoms with E-state index < -0.39 is 0 Å². The van der Waals surface area contributed by atoms with Gasteiger partial charge >= 0.3 is 0 Å². The van der Waals surface area contributed by atoms with Gasteiger partial charge in [-0.2, -0.15) is 0 Å². The third-order valence-electron chi connectivity index (χ3n) is 5.29. The van der Waals surface area contributed by atoms with Crippen molar-refractivity contribution in [3.05, 3.63) is 60.0 Å². The minimum absolute atomic E-state index is 0.0892. The minimum Gasteiger partial charge on any atom is -0.326 e. The van der Waals surface area contributed by atoms with Crippen molar-refractivity contribution in [1.29, 1.82) is 0 Å². The smallest absolute Gasteiger partial charge is 0.236 e. The molecule has 160 valence electrons. The third kappa shape index (κ3) is 6.18. The van der Waals surface area contributed by atoms with Gasteiger partial charge in [0.15, 0.2) is 5.13 Å². The van der Waals surface area contributed by atoms with Crippen LogP contribution in [0.3, 0.4) is 0 Å². The molecule has 2 aromatic carbocycles. The van der Waals surface area contributed by atoms with Gasteiger partial charge in [-0.25, -0.2) is 4.98 Å². The van der Waals surface area contributed by atoms with Crippen LogP contribution in [0.1, 0.15) is 32.1 Å². The summed E-state index contributed by atoms with van der Waals surface area (Å²) in [5, 5.41) is 8.43. The van der Waals surface area contributed by atoms with Gasteiger partial charge in [-0.3, -0.25) is 9.59 Å². The molecule has 31 heavy (non-hydrogen) atoms. The van der Waals surface area contributed by atoms with Gasteiger partial charge in [0.25, 0.3) is 0 Å². The molecule has 1 aliphatic rings. The van der Waals surface area contributed by atoms with Crippen molar-refractivity contribution < 1.29 is 9.59 Å². The van der Waals surface area contributed by atoms with E-state index in [0.29, 0.717) is 10.9 Å². The molecule has 0 bridgehead atoms. The van der Waals surface area contributed by atoms with Gasteiger partial charge in [-0.15, -0.1) is 23.1 Å². The summed E-state index contributed by atoms with van der Waals surface area (Å²) in [6.45, 7) is 0. The fourth-order valence-corrected chi connectivity index (χ4v) is 5.05. The van der Waals surface area contributed by atoms with Crippen molar-refractivity contribution in [3.8, 4) is 11.3 Å². The molecule has 2 N–H and O–H groups in total. The maximum atomic E-state index is 12.4. The molecule has 0 aliphatic heterocycles. The van der Waals surface area contributed by atoms with E-state index >= 15 is 0 Å². The number of carbonyl (C=O) groups is 2. The number of hydrogen-bond acceptors (Lipinski definition) is 5. The molecule has 5 nitrogen and oxygen atoms in total. The lowest BCUT2D eigenvalue weighted by Gasteiger charge is -2.20. The first-order chi connectivity index (χ1) is 15.2. The standard InChI is InChI=1S/C24H25N3O2S2/c28-22(27-24-26-21(15-31-24)17-7-3-1-4-8-17)16-30-20-13-11-19(12-14-20)25-23(29)18-9-5-2-6-10-18/h1,3-4,7-8,11-15,18H,2,5-6,9-10,16H2,(H,25,29)(H,26,27,28). The van der Waals surface area contributed by atoms with Gasteiger partial charge in [0.2, 0.25) is 11.8 Å². The van der Waals surface area contributed by atoms with Gasteiger partial charge < -0.3 is 10.6 Å². The Bertz CT molecular complexity index is 1010. The summed E-state index contributed by atoms with van der Waals surface area (Å²) >= 11 is 2.88. The summed E-state index contributed by atoms with van der Waals surface area (Å²) < 4.78 is 0. The zero-order chi connectivity index (χ0) is 21.5. The van der Waals surface area contributed by atoms with E-state index in [1.807, 2.05) is 60.0 Å². The summed E-state index contributed by atoms with van der Waals surface area (Å²) in [5.41, 5.74) is 2.70. The van der Waals surface area contributed by atoms with E-state index in [9.17, 15) is 9.59 Å². The van der Waals surface area contributed by atoms with Crippen LogP contribution in [0.2, 0.25) is 0 Å². The molecule has 0 unspecified atom stereocenters. The topological polar surface area (TPSA) is 71.1 Å². The highest BCUT2D eigenvalue weighted by molar-refractivity contribution is 8.00. The Morgan fingerprint density at radius 3 is 2.45 bits per heavy atom. The zero-order valence-electron chi connectivity index (χ0n) is 17.2. The number of aromatic nitrogens is 1. The van der Waals surface area contributed by atoms with Crippen molar-refractivity contribution in [1.82, 2.24) is 4.98 Å². The Balaban J connectivity index is 1.24. The number of thiazole rings is 1. The largest absolute Gasteiger partial charge is 0.326 e. The van der Waals surface area contributed by atoms with Gasteiger partial charge in [0, 0.05) is 27.4 Å². The highest BCUT2D eigenvalue weighted by Crippen LogP contribution is 2.27. The SMILES string of the molecule is O=C(CSc1ccc(NC(=O)C2CCCCC2)cc1)Nc1nc(-c2ccccc2)cs1. The number of amides is 2. The molecule has 2 amide bonds. The van der Waals surface area contributed by atoms with E-state index in [-0.39, 0.29) is 17.7 Å². The van der Waals surface area contributed by atoms with Crippen LogP contribution in [-0.2, 0) is 9.59 Å². The number of rotatable bonds is 7. The number of nitrogens with one attached hydrogen (secondary N) is 2. The van der Waals surface area contributed by atoms with E-state index in [0.717, 1.165) is 47.5 Å². The Hall–Kier alpha value is -2.64. The Morgan fingerprint density at radius 2 is 1.71 bits per heavy atom. The Kier molecular flexibility index (Phi) is 7.38. The van der Waals surface area contributed by atoms with Crippen LogP contribution in [0.5, 0.6) is 0 Å². The maximum absolute atomic E-state index is 12.4. The lowest BCUT2D eigenvalue weighted by molar-refractivity contribution is -0.120. The van der Waals surface area contributed by atoms with E-state index in [1.165, 1.54) is 29.5 Å². The summed E-state index contributed by atoms with van der Waals surface area (Å²) in [4.78, 5) is 30.1. The molecule has 0 atom stereocenters. The highest BCUT2D eigenvalue weighted by Gasteiger charge is 2.21. The lowest BCUT2D eigenvalue weighted by Crippen LogP contribution is -2.24. The van der Waals surface area contributed by atoms with E-state index in [1.54, 1.807) is 0 Å². The van der Waals surface area contributed by atoms with Crippen LogP contribution in [0, 0.1) is 5.92 Å². The molecule has 3 aromatic rings. The zero-order valence-corrected chi connectivity index (χ0v) is 18.8. The maximum Gasteiger partial charge on any atom is 0.236 e. The lowest BCUT2D eigenvalue weighted by atomic mass is 9.88. The Labute approximate surface area is 190 Å². The summed E-state index contributed by atoms with van der Waals surface area (Å²) in [6.07, 6.45) is 5.50. The average Bonchev–Trinajstić information content (AvgIpc) is 3.28. The predicted octanol–water partition coefficient (Wildman–Crippen LogP) is 6.06. The molecule has 0 saturated heterocycles. The van der Waals surface area contributed by atoms with Crippen molar-refractivity contribution in [2.45, 2.75) is 37.0 Å². The molecule has 1 heterocycles. The fourth-order valence-electron chi connectivity index (χ4n) is 3.62. The number of hydrogen-bond donors (Lipinski definition) is 2. The van der Waals surface area contributed by atoms with Crippen LogP contribution in [0.4, 0.5) is 10.8 Å². The number of nitrogens with zero attached hydrogens (tertiary/aromatic N) is 1. The quantitative estimate of drug-likeness (QED) is 0.428. The molecule has 7 heteroatoms. The first kappa shape index (κ1) is 21.6. The minimum atomic E-state index is -0.0892. The van der Waals surface area contributed by atoms with Crippen LogP contribution < -0.4 is 10.6 Å². The number of benzene rings is 2. The third-order valence-corrected chi connectivity index (χ3v) is 7.06. The van der Waals surface area contributed by atoms with Gasteiger partial charge in [0.1, 0.15) is 0 Å². The molecular formula is C24H25N3O2S2. The second-order valence-corrected chi connectivity index (χ2v) is 9.50. The monoisotopic (exact) mass is 451 g/mol. The molecule has 1 aromatic heterocycles. The second-order valence-electron chi connectivity index (χ2n) is 7.59. The number of anilines is 2. The molecule has 1 saturated carbocycles. The van der Waals surface area contributed by atoms with Gasteiger partial charge in [0.05, 0.1) is 11.4 Å². The molecule has 1 aliphatic carbocycles. The molecule has 0 spiro atoms. The number of thioether (sulfide) groups is 1. The van der Waals surface area contributed by atoms with Crippen molar-refractivity contribution >= 4 is 45.7 Å². The molecular weight excluding hydrogens is 426 g/mol. The molecule has 4 rings (SSSR count). The first-order valence-corrected chi connectivity index (χ1v) is 12.4. The van der Waals surface area contributed by atoms with Crippen LogP contribution in [-0.4, -0.2) is 22.6 Å². The highest BCUT2D eigenvalue weighted by atomic mass is 32.2. The summed E-state index contributed by atoms with van der Waals surface area (Å²) in [6, 6.07) is 17.6. The predicted molar refractivity (Wildman–Crippen MR) is 129 cm³/mol. The molecule has 0 radical (unpaired) electrons. The number of carbonyl (C=O) groups excluding carboxylic acids is 2. The summed E-state index contributed by atoms with van der Waals surface area (Å²) in [7, 11) is 0. The fraction of sp³-hybridized carbons (Fsp3) is 0.292. The van der Waals surface area contributed by atoms with Crippen molar-refractivity contribution in [2.24, 2.45) is 5.92 Å². The molecule has 1 fully saturated rings. The van der Waals surface area contributed by atoms with Crippen LogP contribution >= 0.6 is 23.1 Å². The van der Waals surface area contributed by atoms with Gasteiger partial charge in [-0.1, -0.05) is 49.6 Å². The second kappa shape index (κ2) is 10.6.